The van der Waals surface area contributed by atoms with Crippen LogP contribution in [0.15, 0.2) is 10.4 Å². The SMILES string of the molecule is CN=C(NCc1nc(C(F)(F)F)cs1)NC1CC(OC)C1(C)C.I. The fourth-order valence-corrected chi connectivity index (χ4v) is 3.31. The Hall–Kier alpha value is -0.620. The van der Waals surface area contributed by atoms with Crippen molar-refractivity contribution < 1.29 is 17.9 Å². The van der Waals surface area contributed by atoms with Gasteiger partial charge in [0.1, 0.15) is 5.01 Å². The molecule has 0 saturated heterocycles. The van der Waals surface area contributed by atoms with Crippen LogP contribution in [0.2, 0.25) is 0 Å². The molecule has 24 heavy (non-hydrogen) atoms. The summed E-state index contributed by atoms with van der Waals surface area (Å²) in [5.41, 5.74) is -0.887. The quantitative estimate of drug-likeness (QED) is 0.397. The van der Waals surface area contributed by atoms with Gasteiger partial charge >= 0.3 is 6.18 Å². The van der Waals surface area contributed by atoms with Gasteiger partial charge in [-0.25, -0.2) is 4.98 Å². The molecule has 0 aliphatic heterocycles. The molecule has 10 heteroatoms. The number of methoxy groups -OCH3 is 1. The molecule has 1 heterocycles. The lowest BCUT2D eigenvalue weighted by atomic mass is 9.64. The van der Waals surface area contributed by atoms with Crippen LogP contribution in [0.25, 0.3) is 0 Å². The molecule has 1 fully saturated rings. The molecule has 1 aromatic rings. The van der Waals surface area contributed by atoms with Crippen LogP contribution in [0.4, 0.5) is 13.2 Å². The van der Waals surface area contributed by atoms with Gasteiger partial charge < -0.3 is 15.4 Å². The summed E-state index contributed by atoms with van der Waals surface area (Å²) >= 11 is 0.975. The highest BCUT2D eigenvalue weighted by molar-refractivity contribution is 14.0. The fourth-order valence-electron chi connectivity index (χ4n) is 2.57. The number of hydrogen-bond acceptors (Lipinski definition) is 4. The minimum absolute atomic E-state index is 0. The summed E-state index contributed by atoms with van der Waals surface area (Å²) in [7, 11) is 3.31. The van der Waals surface area contributed by atoms with Crippen molar-refractivity contribution in [2.75, 3.05) is 14.2 Å². The second-order valence-electron chi connectivity index (χ2n) is 6.03. The van der Waals surface area contributed by atoms with Crippen LogP contribution in [0.3, 0.4) is 0 Å². The Morgan fingerprint density at radius 3 is 2.62 bits per heavy atom. The summed E-state index contributed by atoms with van der Waals surface area (Å²) < 4.78 is 43.0. The number of nitrogens with one attached hydrogen (secondary N) is 2. The first-order chi connectivity index (χ1) is 10.7. The Morgan fingerprint density at radius 1 is 1.50 bits per heavy atom. The third-order valence-corrected chi connectivity index (χ3v) is 5.09. The van der Waals surface area contributed by atoms with E-state index in [0.717, 1.165) is 23.1 Å². The maximum atomic E-state index is 12.5. The van der Waals surface area contributed by atoms with Crippen molar-refractivity contribution in [1.29, 1.82) is 0 Å². The van der Waals surface area contributed by atoms with E-state index in [1.54, 1.807) is 14.2 Å². The van der Waals surface area contributed by atoms with Gasteiger partial charge in [-0.2, -0.15) is 13.2 Å². The second kappa shape index (κ2) is 8.17. The van der Waals surface area contributed by atoms with Crippen LogP contribution in [-0.4, -0.2) is 37.2 Å². The lowest BCUT2D eigenvalue weighted by Crippen LogP contribution is -2.63. The first kappa shape index (κ1) is 21.4. The predicted octanol–water partition coefficient (Wildman–Crippen LogP) is 3.26. The number of nitrogens with zero attached hydrogens (tertiary/aromatic N) is 2. The van der Waals surface area contributed by atoms with Crippen molar-refractivity contribution in [2.45, 2.75) is 45.1 Å². The average molecular weight is 478 g/mol. The zero-order chi connectivity index (χ0) is 17.3. The van der Waals surface area contributed by atoms with Gasteiger partial charge in [0.25, 0.3) is 0 Å². The third kappa shape index (κ3) is 4.72. The molecule has 1 aliphatic rings. The van der Waals surface area contributed by atoms with E-state index in [2.05, 4.69) is 34.5 Å². The lowest BCUT2D eigenvalue weighted by molar-refractivity contribution is -0.140. The molecule has 2 unspecified atom stereocenters. The molecule has 0 amide bonds. The Morgan fingerprint density at radius 2 is 2.17 bits per heavy atom. The number of hydrogen-bond donors (Lipinski definition) is 2. The molecule has 138 valence electrons. The molecule has 2 rings (SSSR count). The van der Waals surface area contributed by atoms with Gasteiger partial charge in [-0.15, -0.1) is 35.3 Å². The van der Waals surface area contributed by atoms with E-state index in [4.69, 9.17) is 4.74 Å². The van der Waals surface area contributed by atoms with Gasteiger partial charge in [-0.3, -0.25) is 4.99 Å². The predicted molar refractivity (Wildman–Crippen MR) is 98.8 cm³/mol. The number of alkyl halides is 3. The van der Waals surface area contributed by atoms with E-state index in [-0.39, 0.29) is 48.1 Å². The van der Waals surface area contributed by atoms with E-state index >= 15 is 0 Å². The van der Waals surface area contributed by atoms with Crippen LogP contribution >= 0.6 is 35.3 Å². The standard InChI is InChI=1S/C14H21F3N4OS.HI/c1-13(2)8(5-10(13)22-4)21-12(18-3)19-6-11-20-9(7-23-11)14(15,16)17;/h7-8,10H,5-6H2,1-4H3,(H2,18,19,21);1H. The molecular formula is C14H22F3IN4OS. The maximum Gasteiger partial charge on any atom is 0.434 e. The van der Waals surface area contributed by atoms with Gasteiger partial charge in [0.2, 0.25) is 0 Å². The number of ether oxygens (including phenoxy) is 1. The molecule has 0 radical (unpaired) electrons. The van der Waals surface area contributed by atoms with Crippen molar-refractivity contribution in [3.63, 3.8) is 0 Å². The van der Waals surface area contributed by atoms with Crippen molar-refractivity contribution in [3.05, 3.63) is 16.1 Å². The molecule has 5 nitrogen and oxygen atoms in total. The minimum Gasteiger partial charge on any atom is -0.381 e. The number of aromatic nitrogens is 1. The van der Waals surface area contributed by atoms with Crippen LogP contribution in [0.5, 0.6) is 0 Å². The van der Waals surface area contributed by atoms with Gasteiger partial charge in [-0.1, -0.05) is 13.8 Å². The van der Waals surface area contributed by atoms with Gasteiger partial charge in [0, 0.05) is 31.0 Å². The van der Waals surface area contributed by atoms with Crippen molar-refractivity contribution in [2.24, 2.45) is 10.4 Å². The van der Waals surface area contributed by atoms with Crippen molar-refractivity contribution in [1.82, 2.24) is 15.6 Å². The second-order valence-corrected chi connectivity index (χ2v) is 6.97. The fraction of sp³-hybridized carbons (Fsp3) is 0.714. The summed E-state index contributed by atoms with van der Waals surface area (Å²) in [4.78, 5) is 7.69. The monoisotopic (exact) mass is 478 g/mol. The summed E-state index contributed by atoms with van der Waals surface area (Å²) in [5.74, 6) is 0.543. The first-order valence-corrected chi connectivity index (χ1v) is 8.08. The van der Waals surface area contributed by atoms with Crippen LogP contribution < -0.4 is 10.6 Å². The van der Waals surface area contributed by atoms with Gasteiger partial charge in [0.05, 0.1) is 12.6 Å². The van der Waals surface area contributed by atoms with Gasteiger partial charge in [0.15, 0.2) is 11.7 Å². The molecule has 0 aromatic carbocycles. The molecule has 2 N–H and O–H groups in total. The molecule has 0 spiro atoms. The molecule has 1 aromatic heterocycles. The summed E-state index contributed by atoms with van der Waals surface area (Å²) in [6.45, 7) is 4.40. The number of guanidine groups is 1. The van der Waals surface area contributed by atoms with Crippen molar-refractivity contribution in [3.8, 4) is 0 Å². The van der Waals surface area contributed by atoms with E-state index in [1.807, 2.05) is 0 Å². The Kier molecular flexibility index (Phi) is 7.29. The summed E-state index contributed by atoms with van der Waals surface area (Å²) in [6.07, 6.45) is -3.36. The Balaban J connectivity index is 0.00000288. The maximum absolute atomic E-state index is 12.5. The molecule has 1 aliphatic carbocycles. The molecular weight excluding hydrogens is 456 g/mol. The van der Waals surface area contributed by atoms with E-state index in [0.29, 0.717) is 11.0 Å². The highest BCUT2D eigenvalue weighted by Gasteiger charge is 2.48. The number of halogens is 4. The van der Waals surface area contributed by atoms with Gasteiger partial charge in [-0.05, 0) is 6.42 Å². The van der Waals surface area contributed by atoms with Crippen molar-refractivity contribution >= 4 is 41.3 Å². The highest BCUT2D eigenvalue weighted by Crippen LogP contribution is 2.42. The zero-order valence-corrected chi connectivity index (χ0v) is 17.0. The molecule has 0 bridgehead atoms. The Labute approximate surface area is 160 Å². The largest absolute Gasteiger partial charge is 0.434 e. The molecule has 2 atom stereocenters. The normalized spacial score (nSPS) is 23.2. The lowest BCUT2D eigenvalue weighted by Gasteiger charge is -2.51. The third-order valence-electron chi connectivity index (χ3n) is 4.25. The van der Waals surface area contributed by atoms with E-state index in [1.165, 1.54) is 0 Å². The number of rotatable bonds is 4. The van der Waals surface area contributed by atoms with Crippen LogP contribution in [-0.2, 0) is 17.5 Å². The van der Waals surface area contributed by atoms with Crippen LogP contribution in [0, 0.1) is 5.41 Å². The highest BCUT2D eigenvalue weighted by atomic mass is 127. The number of aliphatic imine (C=N–C) groups is 1. The summed E-state index contributed by atoms with van der Waals surface area (Å²) in [5, 5.41) is 7.66. The average Bonchev–Trinajstić information content (AvgIpc) is 2.95. The zero-order valence-electron chi connectivity index (χ0n) is 13.9. The topological polar surface area (TPSA) is 58.5 Å². The van der Waals surface area contributed by atoms with E-state index < -0.39 is 11.9 Å². The first-order valence-electron chi connectivity index (χ1n) is 7.20. The Bertz CT molecular complexity index is 577. The smallest absolute Gasteiger partial charge is 0.381 e. The minimum atomic E-state index is -4.40. The van der Waals surface area contributed by atoms with Crippen LogP contribution in [0.1, 0.15) is 31.0 Å². The molecule has 1 saturated carbocycles. The summed E-state index contributed by atoms with van der Waals surface area (Å²) in [6, 6.07) is 0.195. The number of thiazole rings is 1. The van der Waals surface area contributed by atoms with E-state index in [9.17, 15) is 13.2 Å².